The molecular formula is C10H13N3O2. The van der Waals surface area contributed by atoms with E-state index in [0.717, 1.165) is 5.75 Å². The summed E-state index contributed by atoms with van der Waals surface area (Å²) in [7, 11) is 0. The van der Waals surface area contributed by atoms with Crippen molar-refractivity contribution < 1.29 is 9.84 Å². The van der Waals surface area contributed by atoms with Crippen molar-refractivity contribution in [1.29, 1.82) is 0 Å². The lowest BCUT2D eigenvalue weighted by Crippen LogP contribution is -2.00. The quantitative estimate of drug-likeness (QED) is 0.457. The minimum Gasteiger partial charge on any atom is -0.494 e. The van der Waals surface area contributed by atoms with Crippen LogP contribution in [0.15, 0.2) is 29.4 Å². The summed E-state index contributed by atoms with van der Waals surface area (Å²) in [5.74, 6) is 0.761. The molecule has 0 heterocycles. The maximum Gasteiger partial charge on any atom is 0.119 e. The Morgan fingerprint density at radius 1 is 1.47 bits per heavy atom. The Morgan fingerprint density at radius 2 is 2.13 bits per heavy atom. The smallest absolute Gasteiger partial charge is 0.119 e. The van der Waals surface area contributed by atoms with Crippen LogP contribution in [0.4, 0.5) is 0 Å². The van der Waals surface area contributed by atoms with Crippen molar-refractivity contribution >= 4 is 0 Å². The van der Waals surface area contributed by atoms with Gasteiger partial charge < -0.3 is 9.84 Å². The van der Waals surface area contributed by atoms with Gasteiger partial charge in [-0.05, 0) is 30.2 Å². The van der Waals surface area contributed by atoms with Gasteiger partial charge >= 0.3 is 0 Å². The molecule has 0 aliphatic carbocycles. The zero-order valence-electron chi connectivity index (χ0n) is 8.50. The van der Waals surface area contributed by atoms with Crippen molar-refractivity contribution in [2.75, 3.05) is 13.2 Å². The number of aliphatic hydroxyl groups is 1. The molecular weight excluding hydrogens is 194 g/mol. The maximum atomic E-state index is 9.57. The summed E-state index contributed by atoms with van der Waals surface area (Å²) in [4.78, 5) is 2.59. The van der Waals surface area contributed by atoms with E-state index in [4.69, 9.17) is 10.3 Å². The van der Waals surface area contributed by atoms with Gasteiger partial charge in [0.15, 0.2) is 0 Å². The molecule has 0 aliphatic rings. The normalized spacial score (nSPS) is 11.6. The third kappa shape index (κ3) is 3.50. The Morgan fingerprint density at radius 3 is 2.67 bits per heavy atom. The summed E-state index contributed by atoms with van der Waals surface area (Å²) in [6.07, 6.45) is -0.753. The van der Waals surface area contributed by atoms with Gasteiger partial charge in [-0.1, -0.05) is 17.2 Å². The van der Waals surface area contributed by atoms with E-state index in [1.165, 1.54) is 0 Å². The minimum atomic E-state index is -0.753. The summed E-state index contributed by atoms with van der Waals surface area (Å²) in [5.41, 5.74) is 8.82. The number of nitrogens with zero attached hydrogens (tertiary/aromatic N) is 3. The number of hydrogen-bond acceptors (Lipinski definition) is 3. The Labute approximate surface area is 87.9 Å². The predicted octanol–water partition coefficient (Wildman–Crippen LogP) is 2.43. The average molecular weight is 207 g/mol. The average Bonchev–Trinajstić information content (AvgIpc) is 2.27. The number of rotatable bonds is 5. The second kappa shape index (κ2) is 5.90. The number of azide groups is 1. The second-order valence-electron chi connectivity index (χ2n) is 2.93. The molecule has 0 bridgehead atoms. The molecule has 0 amide bonds. The highest BCUT2D eigenvalue weighted by Gasteiger charge is 2.05. The molecule has 0 radical (unpaired) electrons. The Hall–Kier alpha value is -1.71. The van der Waals surface area contributed by atoms with Crippen LogP contribution in [-0.4, -0.2) is 18.3 Å². The Kier molecular flexibility index (Phi) is 4.47. The van der Waals surface area contributed by atoms with Gasteiger partial charge in [0.1, 0.15) is 5.75 Å². The highest BCUT2D eigenvalue weighted by molar-refractivity contribution is 5.28. The summed E-state index contributed by atoms with van der Waals surface area (Å²) in [5, 5.41) is 12.9. The van der Waals surface area contributed by atoms with Crippen molar-refractivity contribution in [3.05, 3.63) is 40.3 Å². The Balaban J connectivity index is 2.66. The zero-order chi connectivity index (χ0) is 11.1. The topological polar surface area (TPSA) is 78.2 Å². The number of aliphatic hydroxyl groups excluding tert-OH is 1. The molecule has 1 aromatic rings. The van der Waals surface area contributed by atoms with Gasteiger partial charge in [-0.2, -0.15) is 0 Å². The monoisotopic (exact) mass is 207 g/mol. The standard InChI is InChI=1S/C10H13N3O2/c1-2-15-9-5-3-8(4-6-9)10(14)7-12-13-11/h3-6,10,14H,2,7H2,1H3. The molecule has 5 heteroatoms. The second-order valence-corrected chi connectivity index (χ2v) is 2.93. The van der Waals surface area contributed by atoms with E-state index in [1.807, 2.05) is 6.92 Å². The third-order valence-corrected chi connectivity index (χ3v) is 1.89. The fourth-order valence-electron chi connectivity index (χ4n) is 1.17. The fraction of sp³-hybridized carbons (Fsp3) is 0.400. The lowest BCUT2D eigenvalue weighted by molar-refractivity contribution is 0.186. The Bertz CT molecular complexity index is 344. The van der Waals surface area contributed by atoms with Gasteiger partial charge in [0.25, 0.3) is 0 Å². The van der Waals surface area contributed by atoms with Crippen LogP contribution in [0.3, 0.4) is 0 Å². The van der Waals surface area contributed by atoms with Gasteiger partial charge in [-0.15, -0.1) is 0 Å². The van der Waals surface area contributed by atoms with Crippen molar-refractivity contribution in [3.8, 4) is 5.75 Å². The van der Waals surface area contributed by atoms with E-state index in [1.54, 1.807) is 24.3 Å². The molecule has 1 aromatic carbocycles. The van der Waals surface area contributed by atoms with Crippen LogP contribution >= 0.6 is 0 Å². The number of benzene rings is 1. The molecule has 5 nitrogen and oxygen atoms in total. The zero-order valence-corrected chi connectivity index (χ0v) is 8.50. The molecule has 0 fully saturated rings. The van der Waals surface area contributed by atoms with E-state index in [-0.39, 0.29) is 6.54 Å². The number of ether oxygens (including phenoxy) is 1. The SMILES string of the molecule is CCOc1ccc(C(O)CN=[N+]=[N-])cc1. The first-order valence-electron chi connectivity index (χ1n) is 4.69. The maximum absolute atomic E-state index is 9.57. The molecule has 0 saturated heterocycles. The highest BCUT2D eigenvalue weighted by atomic mass is 16.5. The third-order valence-electron chi connectivity index (χ3n) is 1.89. The van der Waals surface area contributed by atoms with Crippen molar-refractivity contribution in [3.63, 3.8) is 0 Å². The van der Waals surface area contributed by atoms with Crippen LogP contribution in [0.1, 0.15) is 18.6 Å². The van der Waals surface area contributed by atoms with E-state index in [2.05, 4.69) is 10.0 Å². The van der Waals surface area contributed by atoms with E-state index in [9.17, 15) is 5.11 Å². The molecule has 80 valence electrons. The molecule has 1 unspecified atom stereocenters. The lowest BCUT2D eigenvalue weighted by Gasteiger charge is -2.08. The lowest BCUT2D eigenvalue weighted by atomic mass is 10.1. The first kappa shape index (κ1) is 11.4. The van der Waals surface area contributed by atoms with E-state index in [0.29, 0.717) is 12.2 Å². The van der Waals surface area contributed by atoms with Crippen LogP contribution in [-0.2, 0) is 0 Å². The number of hydrogen-bond donors (Lipinski definition) is 1. The molecule has 0 aliphatic heterocycles. The minimum absolute atomic E-state index is 0.0461. The summed E-state index contributed by atoms with van der Waals surface area (Å²) in [6, 6.07) is 7.06. The van der Waals surface area contributed by atoms with Crippen LogP contribution in [0.25, 0.3) is 10.4 Å². The van der Waals surface area contributed by atoms with Crippen LogP contribution in [0.5, 0.6) is 5.75 Å². The largest absolute Gasteiger partial charge is 0.494 e. The molecule has 1 rings (SSSR count). The van der Waals surface area contributed by atoms with Gasteiger partial charge in [0, 0.05) is 4.91 Å². The van der Waals surface area contributed by atoms with E-state index >= 15 is 0 Å². The molecule has 1 atom stereocenters. The molecule has 0 spiro atoms. The summed E-state index contributed by atoms with van der Waals surface area (Å²) in [6.45, 7) is 2.56. The summed E-state index contributed by atoms with van der Waals surface area (Å²) < 4.78 is 5.26. The first-order chi connectivity index (χ1) is 7.27. The molecule has 0 saturated carbocycles. The van der Waals surface area contributed by atoms with Crippen molar-refractivity contribution in [2.24, 2.45) is 5.11 Å². The highest BCUT2D eigenvalue weighted by Crippen LogP contribution is 2.17. The van der Waals surface area contributed by atoms with Crippen molar-refractivity contribution in [2.45, 2.75) is 13.0 Å². The van der Waals surface area contributed by atoms with Gasteiger partial charge in [-0.3, -0.25) is 0 Å². The van der Waals surface area contributed by atoms with Gasteiger partial charge in [-0.25, -0.2) is 0 Å². The molecule has 0 aromatic heterocycles. The van der Waals surface area contributed by atoms with Gasteiger partial charge in [0.05, 0.1) is 19.3 Å². The van der Waals surface area contributed by atoms with E-state index < -0.39 is 6.10 Å². The molecule has 1 N–H and O–H groups in total. The van der Waals surface area contributed by atoms with Crippen LogP contribution in [0, 0.1) is 0 Å². The van der Waals surface area contributed by atoms with Crippen LogP contribution in [0.2, 0.25) is 0 Å². The fourth-order valence-corrected chi connectivity index (χ4v) is 1.17. The molecule has 15 heavy (non-hydrogen) atoms. The van der Waals surface area contributed by atoms with Crippen molar-refractivity contribution in [1.82, 2.24) is 0 Å². The van der Waals surface area contributed by atoms with Gasteiger partial charge in [0.2, 0.25) is 0 Å². The summed E-state index contributed by atoms with van der Waals surface area (Å²) >= 11 is 0. The van der Waals surface area contributed by atoms with Crippen LogP contribution < -0.4 is 4.74 Å². The predicted molar refractivity (Wildman–Crippen MR) is 56.6 cm³/mol. The first-order valence-corrected chi connectivity index (χ1v) is 4.69.